The minimum atomic E-state index is 0.627. The maximum atomic E-state index is 8.72. The van der Waals surface area contributed by atoms with Crippen LogP contribution in [0.15, 0.2) is 18.2 Å². The summed E-state index contributed by atoms with van der Waals surface area (Å²) in [5.74, 6) is 2.94. The van der Waals surface area contributed by atoms with Crippen LogP contribution in [-0.4, -0.2) is 18.8 Å². The highest BCUT2D eigenvalue weighted by atomic mass is 35.5. The van der Waals surface area contributed by atoms with Crippen LogP contribution in [0.5, 0.6) is 0 Å². The number of halogens is 1. The number of nitrogens with zero attached hydrogens (tertiary/aromatic N) is 1. The minimum Gasteiger partial charge on any atom is -0.316 e. The molecule has 1 saturated heterocycles. The average Bonchev–Trinajstić information content (AvgIpc) is 2.23. The van der Waals surface area contributed by atoms with Crippen molar-refractivity contribution in [3.63, 3.8) is 0 Å². The number of thioether (sulfide) groups is 1. The zero-order valence-corrected chi connectivity index (χ0v) is 10.4. The van der Waals surface area contributed by atoms with E-state index in [-0.39, 0.29) is 0 Å². The predicted molar refractivity (Wildman–Crippen MR) is 68.7 cm³/mol. The monoisotopic (exact) mass is 252 g/mol. The maximum absolute atomic E-state index is 8.72. The first-order valence-corrected chi connectivity index (χ1v) is 6.80. The van der Waals surface area contributed by atoms with E-state index in [9.17, 15) is 0 Å². The standard InChI is InChI=1S/C12H13ClN2S/c13-12-3-9(4-14)1-2-11(12)8-16-7-10-5-15-6-10/h1-3,10,15H,5-8H2. The van der Waals surface area contributed by atoms with E-state index in [1.807, 2.05) is 23.9 Å². The van der Waals surface area contributed by atoms with E-state index in [1.54, 1.807) is 6.07 Å². The van der Waals surface area contributed by atoms with Gasteiger partial charge in [0.15, 0.2) is 0 Å². The second-order valence-corrected chi connectivity index (χ2v) is 5.39. The third-order valence-corrected chi connectivity index (χ3v) is 4.23. The Morgan fingerprint density at radius 1 is 1.50 bits per heavy atom. The van der Waals surface area contributed by atoms with E-state index in [0.29, 0.717) is 10.6 Å². The van der Waals surface area contributed by atoms with Crippen LogP contribution in [-0.2, 0) is 5.75 Å². The van der Waals surface area contributed by atoms with Crippen LogP contribution in [0.4, 0.5) is 0 Å². The van der Waals surface area contributed by atoms with Gasteiger partial charge in [0.25, 0.3) is 0 Å². The van der Waals surface area contributed by atoms with Crippen LogP contribution >= 0.6 is 23.4 Å². The van der Waals surface area contributed by atoms with Crippen LogP contribution in [0.2, 0.25) is 5.02 Å². The lowest BCUT2D eigenvalue weighted by Gasteiger charge is -2.26. The number of hydrogen-bond acceptors (Lipinski definition) is 3. The Bertz CT molecular complexity index is 410. The Hall–Kier alpha value is -0.690. The molecule has 84 valence electrons. The molecule has 0 saturated carbocycles. The Morgan fingerprint density at radius 3 is 2.88 bits per heavy atom. The molecule has 4 heteroatoms. The molecule has 1 fully saturated rings. The molecule has 16 heavy (non-hydrogen) atoms. The fourth-order valence-corrected chi connectivity index (χ4v) is 3.02. The van der Waals surface area contributed by atoms with Crippen molar-refractivity contribution in [3.8, 4) is 6.07 Å². The molecule has 0 aromatic heterocycles. The quantitative estimate of drug-likeness (QED) is 0.895. The van der Waals surface area contributed by atoms with Crippen molar-refractivity contribution >= 4 is 23.4 Å². The van der Waals surface area contributed by atoms with Gasteiger partial charge in [0.2, 0.25) is 0 Å². The summed E-state index contributed by atoms with van der Waals surface area (Å²) in [5.41, 5.74) is 1.75. The van der Waals surface area contributed by atoms with Crippen molar-refractivity contribution in [1.82, 2.24) is 5.32 Å². The molecular formula is C12H13ClN2S. The van der Waals surface area contributed by atoms with Gasteiger partial charge in [-0.3, -0.25) is 0 Å². The van der Waals surface area contributed by atoms with Crippen LogP contribution in [0.3, 0.4) is 0 Å². The van der Waals surface area contributed by atoms with Crippen molar-refractivity contribution in [3.05, 3.63) is 34.3 Å². The first kappa shape index (κ1) is 11.8. The summed E-state index contributed by atoms with van der Waals surface area (Å²) < 4.78 is 0. The highest BCUT2D eigenvalue weighted by molar-refractivity contribution is 7.98. The van der Waals surface area contributed by atoms with Gasteiger partial charge < -0.3 is 5.32 Å². The molecule has 1 aliphatic rings. The lowest BCUT2D eigenvalue weighted by Crippen LogP contribution is -2.43. The van der Waals surface area contributed by atoms with E-state index in [0.717, 1.165) is 30.3 Å². The number of nitriles is 1. The summed E-state index contributed by atoms with van der Waals surface area (Å²) in [4.78, 5) is 0. The molecule has 0 amide bonds. The Labute approximate surface area is 105 Å². The van der Waals surface area contributed by atoms with E-state index >= 15 is 0 Å². The van der Waals surface area contributed by atoms with Crippen LogP contribution in [0, 0.1) is 17.2 Å². The summed E-state index contributed by atoms with van der Waals surface area (Å²) in [7, 11) is 0. The van der Waals surface area contributed by atoms with Crippen molar-refractivity contribution in [2.75, 3.05) is 18.8 Å². The Morgan fingerprint density at radius 2 is 2.31 bits per heavy atom. The SMILES string of the molecule is N#Cc1ccc(CSCC2CNC2)c(Cl)c1. The van der Waals surface area contributed by atoms with Gasteiger partial charge in [0, 0.05) is 10.8 Å². The molecule has 0 spiro atoms. The van der Waals surface area contributed by atoms with Crippen molar-refractivity contribution in [2.45, 2.75) is 5.75 Å². The van der Waals surface area contributed by atoms with E-state index in [2.05, 4.69) is 11.4 Å². The van der Waals surface area contributed by atoms with Gasteiger partial charge in [-0.25, -0.2) is 0 Å². The third-order valence-electron chi connectivity index (χ3n) is 2.66. The number of benzene rings is 1. The lowest BCUT2D eigenvalue weighted by atomic mass is 10.1. The molecule has 0 atom stereocenters. The molecule has 0 unspecified atom stereocenters. The molecule has 0 aliphatic carbocycles. The number of hydrogen-bond donors (Lipinski definition) is 1. The highest BCUT2D eigenvalue weighted by Crippen LogP contribution is 2.24. The molecule has 1 N–H and O–H groups in total. The van der Waals surface area contributed by atoms with Gasteiger partial charge in [-0.1, -0.05) is 17.7 Å². The van der Waals surface area contributed by atoms with Gasteiger partial charge in [-0.05, 0) is 42.5 Å². The summed E-state index contributed by atoms with van der Waals surface area (Å²) in [6.45, 7) is 2.29. The van der Waals surface area contributed by atoms with Crippen LogP contribution < -0.4 is 5.32 Å². The molecule has 2 nitrogen and oxygen atoms in total. The molecule has 1 heterocycles. The van der Waals surface area contributed by atoms with Crippen molar-refractivity contribution < 1.29 is 0 Å². The zero-order chi connectivity index (χ0) is 11.4. The Kier molecular flexibility index (Phi) is 4.11. The topological polar surface area (TPSA) is 35.8 Å². The van der Waals surface area contributed by atoms with Crippen molar-refractivity contribution in [2.24, 2.45) is 5.92 Å². The van der Waals surface area contributed by atoms with Crippen molar-refractivity contribution in [1.29, 1.82) is 5.26 Å². The lowest BCUT2D eigenvalue weighted by molar-refractivity contribution is 0.385. The largest absolute Gasteiger partial charge is 0.316 e. The molecule has 1 aliphatic heterocycles. The van der Waals surface area contributed by atoms with Crippen LogP contribution in [0.25, 0.3) is 0 Å². The zero-order valence-electron chi connectivity index (χ0n) is 8.87. The smallest absolute Gasteiger partial charge is 0.0992 e. The average molecular weight is 253 g/mol. The van der Waals surface area contributed by atoms with Crippen LogP contribution in [0.1, 0.15) is 11.1 Å². The fourth-order valence-electron chi connectivity index (χ4n) is 1.54. The fraction of sp³-hybridized carbons (Fsp3) is 0.417. The molecule has 1 aromatic carbocycles. The van der Waals surface area contributed by atoms with Gasteiger partial charge in [0.05, 0.1) is 11.6 Å². The van der Waals surface area contributed by atoms with E-state index in [4.69, 9.17) is 16.9 Å². The summed E-state index contributed by atoms with van der Waals surface area (Å²) in [6, 6.07) is 7.60. The molecule has 1 aromatic rings. The van der Waals surface area contributed by atoms with Gasteiger partial charge in [-0.2, -0.15) is 17.0 Å². The van der Waals surface area contributed by atoms with E-state index < -0.39 is 0 Å². The second-order valence-electron chi connectivity index (χ2n) is 3.96. The molecule has 2 rings (SSSR count). The predicted octanol–water partition coefficient (Wildman–Crippen LogP) is 2.66. The van der Waals surface area contributed by atoms with Gasteiger partial charge >= 0.3 is 0 Å². The summed E-state index contributed by atoms with van der Waals surface area (Å²) in [5, 5.41) is 12.7. The van der Waals surface area contributed by atoms with E-state index in [1.165, 1.54) is 5.75 Å². The number of rotatable bonds is 4. The minimum absolute atomic E-state index is 0.627. The summed E-state index contributed by atoms with van der Waals surface area (Å²) in [6.07, 6.45) is 0. The Balaban J connectivity index is 1.86. The first-order chi connectivity index (χ1) is 7.79. The highest BCUT2D eigenvalue weighted by Gasteiger charge is 2.16. The number of nitrogens with one attached hydrogen (secondary N) is 1. The molecule has 0 radical (unpaired) electrons. The normalized spacial score (nSPS) is 15.5. The summed E-state index contributed by atoms with van der Waals surface area (Å²) >= 11 is 8.01. The first-order valence-electron chi connectivity index (χ1n) is 5.26. The molecule has 0 bridgehead atoms. The third kappa shape index (κ3) is 2.91. The second kappa shape index (κ2) is 5.58. The maximum Gasteiger partial charge on any atom is 0.0992 e. The van der Waals surface area contributed by atoms with Gasteiger partial charge in [0.1, 0.15) is 0 Å². The van der Waals surface area contributed by atoms with Gasteiger partial charge in [-0.15, -0.1) is 0 Å². The molecular weight excluding hydrogens is 240 g/mol.